The first-order valence-electron chi connectivity index (χ1n) is 24.4. The Bertz CT molecular complexity index is 3880. The summed E-state index contributed by atoms with van der Waals surface area (Å²) >= 11 is 0. The van der Waals surface area contributed by atoms with E-state index >= 15 is 0 Å². The summed E-state index contributed by atoms with van der Waals surface area (Å²) < 4.78 is 0. The van der Waals surface area contributed by atoms with Crippen LogP contribution in [-0.4, -0.2) is 9.52 Å². The van der Waals surface area contributed by atoms with E-state index in [-0.39, 0.29) is 10.8 Å². The van der Waals surface area contributed by atoms with Crippen molar-refractivity contribution in [1.82, 2.24) is 0 Å². The fourth-order valence-electron chi connectivity index (χ4n) is 12.3. The average Bonchev–Trinajstić information content (AvgIpc) is 3.76. The van der Waals surface area contributed by atoms with E-state index < -0.39 is 9.52 Å². The quantitative estimate of drug-likeness (QED) is 0.115. The molecule has 0 N–H and O–H groups in total. The molecule has 0 aliphatic heterocycles. The first-order chi connectivity index (χ1) is 33.2. The van der Waals surface area contributed by atoms with Crippen LogP contribution in [0, 0.1) is 0 Å². The summed E-state index contributed by atoms with van der Waals surface area (Å²) in [5, 5.41) is 9.15. The van der Waals surface area contributed by atoms with Crippen molar-refractivity contribution in [2.24, 2.45) is 0 Å². The molecule has 0 heterocycles. The molecule has 0 amide bonds. The molecule has 0 saturated carbocycles. The maximum atomic E-state index is 2.53. The number of benzene rings is 11. The number of hydrogen-bond acceptors (Lipinski definition) is 0. The molecular formula is C67H52Si. The monoisotopic (exact) mass is 884 g/mol. The van der Waals surface area contributed by atoms with Crippen LogP contribution in [0.2, 0.25) is 6.55 Å². The minimum Gasteiger partial charge on any atom is -0.0708 e. The molecule has 2 aliphatic carbocycles. The summed E-state index contributed by atoms with van der Waals surface area (Å²) in [5.41, 5.74) is 23.4. The van der Waals surface area contributed by atoms with Crippen molar-refractivity contribution < 1.29 is 0 Å². The molecule has 0 bridgehead atoms. The Labute approximate surface area is 402 Å². The Morgan fingerprint density at radius 2 is 0.691 bits per heavy atom. The van der Waals surface area contributed by atoms with E-state index in [2.05, 4.69) is 247 Å². The minimum absolute atomic E-state index is 0.121. The first kappa shape index (κ1) is 40.7. The minimum atomic E-state index is -0.416. The summed E-state index contributed by atoms with van der Waals surface area (Å²) in [6, 6.07) is 81.0. The topological polar surface area (TPSA) is 0 Å². The zero-order chi connectivity index (χ0) is 45.9. The maximum Gasteiger partial charge on any atom is 0.0525 e. The van der Waals surface area contributed by atoms with Gasteiger partial charge in [0, 0.05) is 10.8 Å². The lowest BCUT2D eigenvalue weighted by Crippen LogP contribution is -2.15. The van der Waals surface area contributed by atoms with Crippen LogP contribution in [0.25, 0.3) is 110 Å². The van der Waals surface area contributed by atoms with E-state index in [1.165, 1.54) is 138 Å². The summed E-state index contributed by atoms with van der Waals surface area (Å²) in [5.74, 6) is 0. The molecule has 0 aromatic heterocycles. The van der Waals surface area contributed by atoms with Crippen molar-refractivity contribution >= 4 is 47.0 Å². The van der Waals surface area contributed by atoms with E-state index in [0.29, 0.717) is 0 Å². The molecule has 324 valence electrons. The molecule has 11 aromatic rings. The van der Waals surface area contributed by atoms with Gasteiger partial charge in [0.05, 0.1) is 9.52 Å². The lowest BCUT2D eigenvalue weighted by molar-refractivity contribution is 0.660. The molecule has 0 unspecified atom stereocenters. The first-order valence-corrected chi connectivity index (χ1v) is 26.5. The van der Waals surface area contributed by atoms with Crippen LogP contribution in [0.5, 0.6) is 0 Å². The van der Waals surface area contributed by atoms with E-state index in [1.54, 1.807) is 0 Å². The second kappa shape index (κ2) is 15.2. The molecule has 68 heavy (non-hydrogen) atoms. The Morgan fingerprint density at radius 1 is 0.279 bits per heavy atom. The molecule has 0 atom stereocenters. The van der Waals surface area contributed by atoms with Gasteiger partial charge in [0.1, 0.15) is 0 Å². The van der Waals surface area contributed by atoms with Crippen LogP contribution < -0.4 is 5.19 Å². The van der Waals surface area contributed by atoms with Crippen molar-refractivity contribution in [2.75, 3.05) is 0 Å². The summed E-state index contributed by atoms with van der Waals surface area (Å²) in [6.07, 6.45) is 0. The standard InChI is InChI=1S/C67H52Si/c1-66(2)59-19-11-8-17-51(59)53-32-30-48(39-61(53)66)64-56-35-29-47(50-16-10-13-21-63(50)68-5)38-58(56)65(49-31-33-54-52-18-9-12-20-60(52)67(3,4)62(54)40-49)55-34-28-46(37-57(55)64)43-24-22-42(23-25-43)45-27-26-41-14-6-7-15-44(41)36-45/h6-40H,68H2,1-5H3. The zero-order valence-corrected chi connectivity index (χ0v) is 40.8. The second-order valence-electron chi connectivity index (χ2n) is 20.3. The van der Waals surface area contributed by atoms with Crippen LogP contribution in [0.4, 0.5) is 0 Å². The van der Waals surface area contributed by atoms with Crippen molar-refractivity contribution in [3.63, 3.8) is 0 Å². The van der Waals surface area contributed by atoms with Gasteiger partial charge in [-0.25, -0.2) is 0 Å². The SMILES string of the molecule is C[SiH2]c1ccccc1-c1ccc2c(-c3ccc4c(c3)C(C)(C)c3ccccc3-4)c3cc(-c4ccc(-c5ccc6ccccc6c5)cc4)ccc3c(-c3ccc4c(c3)C(C)(C)c3ccccc3-4)c2c1. The molecular weight excluding hydrogens is 833 g/mol. The van der Waals surface area contributed by atoms with Gasteiger partial charge in [-0.05, 0) is 163 Å². The van der Waals surface area contributed by atoms with Gasteiger partial charge >= 0.3 is 0 Å². The summed E-state index contributed by atoms with van der Waals surface area (Å²) in [6.45, 7) is 12.0. The number of fused-ring (bicyclic) bond motifs is 9. The highest BCUT2D eigenvalue weighted by atomic mass is 28.2. The van der Waals surface area contributed by atoms with Crippen molar-refractivity contribution in [3.05, 3.63) is 235 Å². The predicted octanol–water partition coefficient (Wildman–Crippen LogP) is 16.9. The highest BCUT2D eigenvalue weighted by molar-refractivity contribution is 6.54. The molecule has 0 radical (unpaired) electrons. The maximum absolute atomic E-state index is 2.53. The average molecular weight is 885 g/mol. The summed E-state index contributed by atoms with van der Waals surface area (Å²) in [7, 11) is -0.416. The van der Waals surface area contributed by atoms with E-state index in [4.69, 9.17) is 0 Å². The van der Waals surface area contributed by atoms with E-state index in [0.717, 1.165) is 0 Å². The molecule has 13 rings (SSSR count). The van der Waals surface area contributed by atoms with Gasteiger partial charge in [-0.1, -0.05) is 221 Å². The zero-order valence-electron chi connectivity index (χ0n) is 39.4. The second-order valence-corrected chi connectivity index (χ2v) is 21.8. The lowest BCUT2D eigenvalue weighted by atomic mass is 9.79. The van der Waals surface area contributed by atoms with Gasteiger partial charge in [0.2, 0.25) is 0 Å². The molecule has 0 fully saturated rings. The fraction of sp³-hybridized carbons (Fsp3) is 0.104. The molecule has 0 saturated heterocycles. The van der Waals surface area contributed by atoms with Crippen LogP contribution in [0.1, 0.15) is 49.9 Å². The Kier molecular flexibility index (Phi) is 9.10. The van der Waals surface area contributed by atoms with Crippen LogP contribution in [-0.2, 0) is 10.8 Å². The molecule has 11 aromatic carbocycles. The highest BCUT2D eigenvalue weighted by Gasteiger charge is 2.37. The van der Waals surface area contributed by atoms with E-state index in [9.17, 15) is 0 Å². The lowest BCUT2D eigenvalue weighted by Gasteiger charge is -2.24. The third kappa shape index (κ3) is 6.12. The van der Waals surface area contributed by atoms with Crippen molar-refractivity contribution in [1.29, 1.82) is 0 Å². The van der Waals surface area contributed by atoms with Gasteiger partial charge in [0.25, 0.3) is 0 Å². The third-order valence-corrected chi connectivity index (χ3v) is 17.2. The highest BCUT2D eigenvalue weighted by Crippen LogP contribution is 2.54. The Morgan fingerprint density at radius 3 is 1.26 bits per heavy atom. The molecule has 1 heteroatoms. The van der Waals surface area contributed by atoms with E-state index in [1.807, 2.05) is 0 Å². The Hall–Kier alpha value is -7.58. The van der Waals surface area contributed by atoms with Crippen LogP contribution in [0.3, 0.4) is 0 Å². The molecule has 2 aliphatic rings. The van der Waals surface area contributed by atoms with Gasteiger partial charge in [-0.2, -0.15) is 0 Å². The van der Waals surface area contributed by atoms with Gasteiger partial charge in [-0.3, -0.25) is 0 Å². The van der Waals surface area contributed by atoms with Gasteiger partial charge in [0.15, 0.2) is 0 Å². The third-order valence-electron chi connectivity index (χ3n) is 15.9. The molecule has 0 spiro atoms. The van der Waals surface area contributed by atoms with Crippen LogP contribution in [0.15, 0.2) is 212 Å². The van der Waals surface area contributed by atoms with Crippen molar-refractivity contribution in [2.45, 2.75) is 45.1 Å². The van der Waals surface area contributed by atoms with Crippen LogP contribution >= 0.6 is 0 Å². The number of rotatable bonds is 6. The predicted molar refractivity (Wildman–Crippen MR) is 295 cm³/mol. The molecule has 0 nitrogen and oxygen atoms in total. The normalized spacial score (nSPS) is 14.1. The van der Waals surface area contributed by atoms with Crippen molar-refractivity contribution in [3.8, 4) is 77.9 Å². The smallest absolute Gasteiger partial charge is 0.0525 e. The Balaban J connectivity index is 1.08. The summed E-state index contributed by atoms with van der Waals surface area (Å²) in [4.78, 5) is 0. The van der Waals surface area contributed by atoms with Gasteiger partial charge < -0.3 is 0 Å². The largest absolute Gasteiger partial charge is 0.0708 e. The number of hydrogen-bond donors (Lipinski definition) is 0. The van der Waals surface area contributed by atoms with Gasteiger partial charge in [-0.15, -0.1) is 0 Å². The fourth-order valence-corrected chi connectivity index (χ4v) is 13.3.